The highest BCUT2D eigenvalue weighted by Gasteiger charge is 2.19. The highest BCUT2D eigenvalue weighted by Crippen LogP contribution is 2.23. The molecular weight excluding hydrogens is 252 g/mol. The molecule has 0 atom stereocenters. The molecule has 5 nitrogen and oxygen atoms in total. The van der Waals surface area contributed by atoms with E-state index >= 15 is 0 Å². The van der Waals surface area contributed by atoms with E-state index in [1.165, 1.54) is 12.8 Å². The third-order valence-corrected chi connectivity index (χ3v) is 3.59. The molecule has 0 saturated carbocycles. The molecule has 0 aliphatic carbocycles. The highest BCUT2D eigenvalue weighted by atomic mass is 35.5. The van der Waals surface area contributed by atoms with Crippen molar-refractivity contribution in [3.63, 3.8) is 0 Å². The first-order chi connectivity index (χ1) is 8.83. The minimum absolute atomic E-state index is 0.522. The van der Waals surface area contributed by atoms with E-state index in [4.69, 9.17) is 16.3 Å². The number of anilines is 2. The van der Waals surface area contributed by atoms with Crippen LogP contribution < -0.4 is 9.80 Å². The van der Waals surface area contributed by atoms with E-state index in [0.717, 1.165) is 51.2 Å². The van der Waals surface area contributed by atoms with Crippen LogP contribution in [0.15, 0.2) is 6.07 Å². The lowest BCUT2D eigenvalue weighted by atomic mass is 10.4. The second-order valence-electron chi connectivity index (χ2n) is 4.64. The van der Waals surface area contributed by atoms with Crippen LogP contribution in [0.2, 0.25) is 5.15 Å². The van der Waals surface area contributed by atoms with Gasteiger partial charge in [0.05, 0.1) is 13.2 Å². The highest BCUT2D eigenvalue weighted by molar-refractivity contribution is 6.29. The van der Waals surface area contributed by atoms with Gasteiger partial charge in [-0.1, -0.05) is 11.6 Å². The Hall–Kier alpha value is -1.07. The van der Waals surface area contributed by atoms with Crippen molar-refractivity contribution in [1.29, 1.82) is 0 Å². The van der Waals surface area contributed by atoms with Gasteiger partial charge in [-0.2, -0.15) is 4.98 Å². The fourth-order valence-electron chi connectivity index (χ4n) is 2.41. The van der Waals surface area contributed by atoms with Crippen molar-refractivity contribution >= 4 is 23.4 Å². The van der Waals surface area contributed by atoms with Crippen LogP contribution in [-0.2, 0) is 4.74 Å². The van der Waals surface area contributed by atoms with Crippen molar-refractivity contribution in [1.82, 2.24) is 9.97 Å². The number of nitrogens with zero attached hydrogens (tertiary/aromatic N) is 4. The summed E-state index contributed by atoms with van der Waals surface area (Å²) < 4.78 is 5.35. The second kappa shape index (κ2) is 5.28. The summed E-state index contributed by atoms with van der Waals surface area (Å²) in [5.74, 6) is 1.68. The summed E-state index contributed by atoms with van der Waals surface area (Å²) >= 11 is 6.11. The Labute approximate surface area is 112 Å². The molecular formula is C12H17ClN4O. The summed E-state index contributed by atoms with van der Waals surface area (Å²) in [5, 5.41) is 0.522. The largest absolute Gasteiger partial charge is 0.378 e. The number of ether oxygens (including phenoxy) is 1. The van der Waals surface area contributed by atoms with Gasteiger partial charge < -0.3 is 14.5 Å². The van der Waals surface area contributed by atoms with Gasteiger partial charge in [-0.15, -0.1) is 0 Å². The minimum atomic E-state index is 0.522. The molecule has 3 rings (SSSR count). The zero-order valence-electron chi connectivity index (χ0n) is 10.3. The summed E-state index contributed by atoms with van der Waals surface area (Å²) in [6.45, 7) is 5.30. The van der Waals surface area contributed by atoms with Crippen molar-refractivity contribution in [2.45, 2.75) is 12.8 Å². The van der Waals surface area contributed by atoms with Gasteiger partial charge in [-0.3, -0.25) is 0 Å². The first kappa shape index (κ1) is 12.0. The van der Waals surface area contributed by atoms with Gasteiger partial charge in [0.15, 0.2) is 0 Å². The fraction of sp³-hybridized carbons (Fsp3) is 0.667. The molecule has 1 aromatic rings. The van der Waals surface area contributed by atoms with Crippen LogP contribution in [0.4, 0.5) is 11.8 Å². The summed E-state index contributed by atoms with van der Waals surface area (Å²) in [6, 6.07) is 1.84. The molecule has 0 N–H and O–H groups in total. The van der Waals surface area contributed by atoms with E-state index in [1.54, 1.807) is 0 Å². The lowest BCUT2D eigenvalue weighted by Gasteiger charge is -2.28. The normalized spacial score (nSPS) is 20.5. The summed E-state index contributed by atoms with van der Waals surface area (Å²) in [6.07, 6.45) is 2.42. The molecule has 1 aromatic heterocycles. The Morgan fingerprint density at radius 2 is 1.72 bits per heavy atom. The van der Waals surface area contributed by atoms with Crippen LogP contribution in [0.5, 0.6) is 0 Å². The average molecular weight is 269 g/mol. The van der Waals surface area contributed by atoms with Gasteiger partial charge >= 0.3 is 0 Å². The quantitative estimate of drug-likeness (QED) is 0.762. The Bertz CT molecular complexity index is 417. The van der Waals surface area contributed by atoms with Crippen molar-refractivity contribution < 1.29 is 4.74 Å². The summed E-state index contributed by atoms with van der Waals surface area (Å²) in [5.41, 5.74) is 0. The van der Waals surface area contributed by atoms with Gasteiger partial charge in [-0.25, -0.2) is 4.98 Å². The second-order valence-corrected chi connectivity index (χ2v) is 5.03. The average Bonchev–Trinajstić information content (AvgIpc) is 2.93. The van der Waals surface area contributed by atoms with Gasteiger partial charge in [0.25, 0.3) is 0 Å². The first-order valence-electron chi connectivity index (χ1n) is 6.45. The zero-order chi connectivity index (χ0) is 12.4. The molecule has 2 fully saturated rings. The Morgan fingerprint density at radius 1 is 1.00 bits per heavy atom. The smallest absolute Gasteiger partial charge is 0.228 e. The molecule has 3 heterocycles. The molecule has 0 unspecified atom stereocenters. The number of rotatable bonds is 2. The number of hydrogen-bond donors (Lipinski definition) is 0. The molecule has 0 bridgehead atoms. The van der Waals surface area contributed by atoms with Crippen molar-refractivity contribution in [2.24, 2.45) is 0 Å². The first-order valence-corrected chi connectivity index (χ1v) is 6.83. The van der Waals surface area contributed by atoms with Gasteiger partial charge in [0.2, 0.25) is 5.95 Å². The maximum Gasteiger partial charge on any atom is 0.228 e. The number of morpholine rings is 1. The standard InChI is InChI=1S/C12H17ClN4O/c13-10-9-11(16-5-7-18-8-6-16)15-12(14-10)17-3-1-2-4-17/h9H,1-8H2. The lowest BCUT2D eigenvalue weighted by Crippen LogP contribution is -2.37. The van der Waals surface area contributed by atoms with E-state index in [2.05, 4.69) is 19.8 Å². The predicted molar refractivity (Wildman–Crippen MR) is 71.5 cm³/mol. The molecule has 2 aliphatic heterocycles. The van der Waals surface area contributed by atoms with E-state index in [9.17, 15) is 0 Å². The summed E-state index contributed by atoms with van der Waals surface area (Å²) in [7, 11) is 0. The molecule has 0 aromatic carbocycles. The van der Waals surface area contributed by atoms with Crippen molar-refractivity contribution in [2.75, 3.05) is 49.2 Å². The number of aromatic nitrogens is 2. The maximum absolute atomic E-state index is 6.11. The Morgan fingerprint density at radius 3 is 2.44 bits per heavy atom. The van der Waals surface area contributed by atoms with Crippen LogP contribution in [0.3, 0.4) is 0 Å². The van der Waals surface area contributed by atoms with Crippen LogP contribution in [0.25, 0.3) is 0 Å². The van der Waals surface area contributed by atoms with Gasteiger partial charge in [0, 0.05) is 32.2 Å². The van der Waals surface area contributed by atoms with E-state index < -0.39 is 0 Å². The zero-order valence-corrected chi connectivity index (χ0v) is 11.1. The molecule has 18 heavy (non-hydrogen) atoms. The molecule has 2 aliphatic rings. The van der Waals surface area contributed by atoms with Crippen molar-refractivity contribution in [3.8, 4) is 0 Å². The van der Waals surface area contributed by atoms with Crippen LogP contribution in [-0.4, -0.2) is 49.4 Å². The van der Waals surface area contributed by atoms with Crippen molar-refractivity contribution in [3.05, 3.63) is 11.2 Å². The predicted octanol–water partition coefficient (Wildman–Crippen LogP) is 1.57. The van der Waals surface area contributed by atoms with Gasteiger partial charge in [-0.05, 0) is 12.8 Å². The molecule has 6 heteroatoms. The van der Waals surface area contributed by atoms with E-state index in [0.29, 0.717) is 5.15 Å². The molecule has 2 saturated heterocycles. The fourth-order valence-corrected chi connectivity index (χ4v) is 2.58. The minimum Gasteiger partial charge on any atom is -0.378 e. The van der Waals surface area contributed by atoms with E-state index in [1.807, 2.05) is 6.07 Å². The molecule has 0 amide bonds. The maximum atomic E-state index is 6.11. The van der Waals surface area contributed by atoms with Crippen LogP contribution in [0, 0.1) is 0 Å². The summed E-state index contributed by atoms with van der Waals surface area (Å²) in [4.78, 5) is 13.4. The Kier molecular flexibility index (Phi) is 3.52. The Balaban J connectivity index is 1.84. The monoisotopic (exact) mass is 268 g/mol. The molecule has 0 radical (unpaired) electrons. The molecule has 0 spiro atoms. The third kappa shape index (κ3) is 2.52. The topological polar surface area (TPSA) is 41.5 Å². The van der Waals surface area contributed by atoms with Gasteiger partial charge in [0.1, 0.15) is 11.0 Å². The number of halogens is 1. The molecule has 98 valence electrons. The van der Waals surface area contributed by atoms with E-state index in [-0.39, 0.29) is 0 Å². The van der Waals surface area contributed by atoms with Crippen LogP contribution >= 0.6 is 11.6 Å². The SMILES string of the molecule is Clc1cc(N2CCOCC2)nc(N2CCCC2)n1. The lowest BCUT2D eigenvalue weighted by molar-refractivity contribution is 0.122. The van der Waals surface area contributed by atoms with Crippen LogP contribution in [0.1, 0.15) is 12.8 Å². The number of hydrogen-bond acceptors (Lipinski definition) is 5. The third-order valence-electron chi connectivity index (χ3n) is 3.39.